The molecule has 110 valence electrons. The third kappa shape index (κ3) is 4.96. The van der Waals surface area contributed by atoms with Gasteiger partial charge in [0.25, 0.3) is 0 Å². The molecule has 0 spiro atoms. The third-order valence-electron chi connectivity index (χ3n) is 2.95. The molecule has 3 nitrogen and oxygen atoms in total. The number of hydrogen-bond donors (Lipinski definition) is 2. The summed E-state index contributed by atoms with van der Waals surface area (Å²) in [6, 6.07) is 15.1. The first kappa shape index (κ1) is 15.7. The number of carbonyl (C=O) groups is 1. The summed E-state index contributed by atoms with van der Waals surface area (Å²) in [5.74, 6) is -0.0190. The summed E-state index contributed by atoms with van der Waals surface area (Å²) >= 11 is 12.1. The Bertz CT molecular complexity index is 582. The normalized spacial score (nSPS) is 10.2. The molecule has 2 aromatic carbocycles. The average molecular weight is 323 g/mol. The number of benzene rings is 2. The highest BCUT2D eigenvalue weighted by molar-refractivity contribution is 6.39. The minimum atomic E-state index is -0.0190. The van der Waals surface area contributed by atoms with Crippen LogP contribution in [0.15, 0.2) is 48.5 Å². The highest BCUT2D eigenvalue weighted by Gasteiger charge is 2.06. The van der Waals surface area contributed by atoms with Gasteiger partial charge in [-0.1, -0.05) is 59.6 Å². The Hall–Kier alpha value is -1.71. The van der Waals surface area contributed by atoms with E-state index in [2.05, 4.69) is 10.6 Å². The van der Waals surface area contributed by atoms with Gasteiger partial charge in [0, 0.05) is 19.5 Å². The van der Waals surface area contributed by atoms with Gasteiger partial charge >= 0.3 is 0 Å². The number of carbonyl (C=O) groups excluding carboxylic acids is 1. The van der Waals surface area contributed by atoms with Gasteiger partial charge in [-0.25, -0.2) is 0 Å². The zero-order valence-electron chi connectivity index (χ0n) is 11.4. The van der Waals surface area contributed by atoms with Crippen molar-refractivity contribution in [1.29, 1.82) is 0 Å². The van der Waals surface area contributed by atoms with E-state index in [-0.39, 0.29) is 5.91 Å². The molecule has 0 aliphatic rings. The maximum atomic E-state index is 11.8. The van der Waals surface area contributed by atoms with Gasteiger partial charge in [-0.05, 0) is 17.7 Å². The summed E-state index contributed by atoms with van der Waals surface area (Å²) in [6.07, 6.45) is 0.356. The smallest absolute Gasteiger partial charge is 0.222 e. The fourth-order valence-corrected chi connectivity index (χ4v) is 2.38. The fraction of sp³-hybridized carbons (Fsp3) is 0.188. The van der Waals surface area contributed by atoms with Gasteiger partial charge in [0.05, 0.1) is 15.7 Å². The minimum absolute atomic E-state index is 0.0190. The Kier molecular flexibility index (Phi) is 5.90. The summed E-state index contributed by atoms with van der Waals surface area (Å²) in [4.78, 5) is 11.8. The third-order valence-corrected chi connectivity index (χ3v) is 3.58. The summed E-state index contributed by atoms with van der Waals surface area (Å²) in [5, 5.41) is 7.05. The maximum Gasteiger partial charge on any atom is 0.222 e. The molecule has 2 aromatic rings. The Morgan fingerprint density at radius 2 is 1.62 bits per heavy atom. The fourth-order valence-electron chi connectivity index (χ4n) is 1.85. The van der Waals surface area contributed by atoms with Crippen molar-refractivity contribution < 1.29 is 4.79 Å². The predicted octanol–water partition coefficient (Wildman–Crippen LogP) is 4.11. The molecule has 0 fully saturated rings. The molecule has 2 N–H and O–H groups in total. The van der Waals surface area contributed by atoms with Crippen LogP contribution >= 0.6 is 23.2 Å². The molecule has 21 heavy (non-hydrogen) atoms. The second-order valence-corrected chi connectivity index (χ2v) is 5.35. The molecule has 0 aliphatic carbocycles. The molecular weight excluding hydrogens is 307 g/mol. The van der Waals surface area contributed by atoms with Crippen molar-refractivity contribution in [1.82, 2.24) is 5.32 Å². The van der Waals surface area contributed by atoms with Gasteiger partial charge in [-0.15, -0.1) is 0 Å². The second-order valence-electron chi connectivity index (χ2n) is 4.54. The Morgan fingerprint density at radius 1 is 0.952 bits per heavy atom. The van der Waals surface area contributed by atoms with E-state index in [1.165, 1.54) is 0 Å². The zero-order chi connectivity index (χ0) is 15.1. The quantitative estimate of drug-likeness (QED) is 0.840. The molecular formula is C16H16Cl2N2O. The van der Waals surface area contributed by atoms with E-state index in [9.17, 15) is 4.79 Å². The van der Waals surface area contributed by atoms with Gasteiger partial charge in [-0.2, -0.15) is 0 Å². The van der Waals surface area contributed by atoms with Gasteiger partial charge in [0.2, 0.25) is 5.91 Å². The van der Waals surface area contributed by atoms with E-state index in [0.717, 1.165) is 5.56 Å². The van der Waals surface area contributed by atoms with E-state index in [1.54, 1.807) is 18.2 Å². The highest BCUT2D eigenvalue weighted by Crippen LogP contribution is 2.29. The summed E-state index contributed by atoms with van der Waals surface area (Å²) in [7, 11) is 0. The molecule has 5 heteroatoms. The van der Waals surface area contributed by atoms with Gasteiger partial charge in [0.1, 0.15) is 0 Å². The van der Waals surface area contributed by atoms with Crippen LogP contribution in [0.2, 0.25) is 10.0 Å². The van der Waals surface area contributed by atoms with Crippen LogP contribution in [-0.4, -0.2) is 12.5 Å². The summed E-state index contributed by atoms with van der Waals surface area (Å²) in [5.41, 5.74) is 1.74. The molecule has 2 rings (SSSR count). The van der Waals surface area contributed by atoms with Crippen molar-refractivity contribution >= 4 is 34.8 Å². The highest BCUT2D eigenvalue weighted by atomic mass is 35.5. The Labute approximate surface area is 134 Å². The van der Waals surface area contributed by atoms with E-state index in [0.29, 0.717) is 35.2 Å². The Morgan fingerprint density at radius 3 is 2.29 bits per heavy atom. The van der Waals surface area contributed by atoms with Crippen molar-refractivity contribution in [2.75, 3.05) is 11.9 Å². The van der Waals surface area contributed by atoms with Crippen molar-refractivity contribution in [3.8, 4) is 0 Å². The maximum absolute atomic E-state index is 11.8. The van der Waals surface area contributed by atoms with E-state index in [1.807, 2.05) is 30.3 Å². The van der Waals surface area contributed by atoms with Crippen LogP contribution < -0.4 is 10.6 Å². The summed E-state index contributed by atoms with van der Waals surface area (Å²) < 4.78 is 0. The lowest BCUT2D eigenvalue weighted by molar-refractivity contribution is -0.121. The Balaban J connectivity index is 1.75. The van der Waals surface area contributed by atoms with Crippen LogP contribution in [0.1, 0.15) is 12.0 Å². The molecule has 0 unspecified atom stereocenters. The number of para-hydroxylation sites is 1. The first-order chi connectivity index (χ1) is 10.2. The largest absolute Gasteiger partial charge is 0.382 e. The van der Waals surface area contributed by atoms with Crippen LogP contribution in [0.3, 0.4) is 0 Å². The van der Waals surface area contributed by atoms with E-state index >= 15 is 0 Å². The lowest BCUT2D eigenvalue weighted by Crippen LogP contribution is -2.24. The molecule has 0 aliphatic heterocycles. The number of halogens is 2. The van der Waals surface area contributed by atoms with Crippen LogP contribution in [0, 0.1) is 0 Å². The number of nitrogens with one attached hydrogen (secondary N) is 2. The molecule has 0 atom stereocenters. The SMILES string of the molecule is O=C(CCNc1c(Cl)cccc1Cl)NCc1ccccc1. The summed E-state index contributed by atoms with van der Waals surface area (Å²) in [6.45, 7) is 1.01. The lowest BCUT2D eigenvalue weighted by Gasteiger charge is -2.10. The van der Waals surface area contributed by atoms with Crippen molar-refractivity contribution in [2.45, 2.75) is 13.0 Å². The first-order valence-electron chi connectivity index (χ1n) is 6.65. The standard InChI is InChI=1S/C16H16Cl2N2O/c17-13-7-4-8-14(18)16(13)19-10-9-15(21)20-11-12-5-2-1-3-6-12/h1-8,19H,9-11H2,(H,20,21). The molecule has 0 aromatic heterocycles. The molecule has 0 radical (unpaired) electrons. The molecule has 0 saturated carbocycles. The molecule has 0 bridgehead atoms. The monoisotopic (exact) mass is 322 g/mol. The van der Waals surface area contributed by atoms with Crippen molar-refractivity contribution in [2.24, 2.45) is 0 Å². The van der Waals surface area contributed by atoms with Gasteiger partial charge < -0.3 is 10.6 Å². The number of anilines is 1. The van der Waals surface area contributed by atoms with Gasteiger partial charge in [-0.3, -0.25) is 4.79 Å². The second kappa shape index (κ2) is 7.91. The van der Waals surface area contributed by atoms with Crippen LogP contribution in [0.4, 0.5) is 5.69 Å². The zero-order valence-corrected chi connectivity index (χ0v) is 12.9. The minimum Gasteiger partial charge on any atom is -0.382 e. The van der Waals surface area contributed by atoms with Gasteiger partial charge in [0.15, 0.2) is 0 Å². The van der Waals surface area contributed by atoms with Crippen molar-refractivity contribution in [3.63, 3.8) is 0 Å². The number of hydrogen-bond acceptors (Lipinski definition) is 2. The number of amides is 1. The van der Waals surface area contributed by atoms with Crippen molar-refractivity contribution in [3.05, 3.63) is 64.1 Å². The lowest BCUT2D eigenvalue weighted by atomic mass is 10.2. The van der Waals surface area contributed by atoms with Crippen LogP contribution in [0.5, 0.6) is 0 Å². The number of rotatable bonds is 6. The molecule has 0 saturated heterocycles. The molecule has 0 heterocycles. The first-order valence-corrected chi connectivity index (χ1v) is 7.41. The van der Waals surface area contributed by atoms with Crippen LogP contribution in [-0.2, 0) is 11.3 Å². The van der Waals surface area contributed by atoms with Crippen LogP contribution in [0.25, 0.3) is 0 Å². The van der Waals surface area contributed by atoms with E-state index < -0.39 is 0 Å². The van der Waals surface area contributed by atoms with E-state index in [4.69, 9.17) is 23.2 Å². The molecule has 1 amide bonds. The average Bonchev–Trinajstić information content (AvgIpc) is 2.49. The topological polar surface area (TPSA) is 41.1 Å². The predicted molar refractivity (Wildman–Crippen MR) is 87.9 cm³/mol.